The van der Waals surface area contributed by atoms with Crippen molar-refractivity contribution in [2.45, 2.75) is 78.5 Å². The molecule has 1 rings (SSSR count). The Morgan fingerprint density at radius 2 is 1.79 bits per heavy atom. The Morgan fingerprint density at radius 3 is 2.30 bits per heavy atom. The molecule has 0 heterocycles. The third-order valence-corrected chi connectivity index (χ3v) is 5.18. The van der Waals surface area contributed by atoms with Gasteiger partial charge in [0.15, 0.2) is 0 Å². The number of rotatable bonds is 11. The van der Waals surface area contributed by atoms with Gasteiger partial charge in [0.1, 0.15) is 24.2 Å². The number of nitriles is 1. The van der Waals surface area contributed by atoms with Crippen LogP contribution in [0.4, 0.5) is 4.79 Å². The average molecular weight is 459 g/mol. The lowest BCUT2D eigenvalue weighted by molar-refractivity contribution is -0.142. The first-order valence-electron chi connectivity index (χ1n) is 11.5. The van der Waals surface area contributed by atoms with E-state index in [1.165, 1.54) is 4.90 Å². The van der Waals surface area contributed by atoms with E-state index in [0.29, 0.717) is 18.5 Å². The lowest BCUT2D eigenvalue weighted by atomic mass is 9.96. The molecule has 0 aliphatic heterocycles. The molecule has 3 atom stereocenters. The van der Waals surface area contributed by atoms with Gasteiger partial charge in [0.25, 0.3) is 0 Å². The minimum atomic E-state index is -0.998. The van der Waals surface area contributed by atoms with Crippen LogP contribution < -0.4 is 10.6 Å². The summed E-state index contributed by atoms with van der Waals surface area (Å²) >= 11 is 0. The van der Waals surface area contributed by atoms with Crippen LogP contribution in [-0.4, -0.2) is 47.5 Å². The Labute approximate surface area is 197 Å². The second kappa shape index (κ2) is 13.5. The van der Waals surface area contributed by atoms with Gasteiger partial charge in [0, 0.05) is 6.54 Å². The summed E-state index contributed by atoms with van der Waals surface area (Å²) in [6, 6.07) is 8.94. The molecule has 3 unspecified atom stereocenters. The molecule has 0 saturated carbocycles. The van der Waals surface area contributed by atoms with Crippen molar-refractivity contribution in [1.82, 2.24) is 15.5 Å². The first-order chi connectivity index (χ1) is 15.6. The van der Waals surface area contributed by atoms with Crippen molar-refractivity contribution in [1.29, 1.82) is 5.26 Å². The van der Waals surface area contributed by atoms with Crippen LogP contribution in [0.2, 0.25) is 0 Å². The third kappa shape index (κ3) is 9.13. The van der Waals surface area contributed by atoms with Crippen molar-refractivity contribution in [2.75, 3.05) is 13.1 Å². The van der Waals surface area contributed by atoms with E-state index >= 15 is 0 Å². The van der Waals surface area contributed by atoms with Crippen LogP contribution in [-0.2, 0) is 14.3 Å². The zero-order chi connectivity index (χ0) is 25.0. The number of benzene rings is 1. The van der Waals surface area contributed by atoms with Crippen LogP contribution in [0.25, 0.3) is 0 Å². The number of hydrogen-bond acceptors (Lipinski definition) is 5. The van der Waals surface area contributed by atoms with Crippen LogP contribution in [0.3, 0.4) is 0 Å². The molecule has 0 spiro atoms. The molecule has 8 heteroatoms. The van der Waals surface area contributed by atoms with Gasteiger partial charge >= 0.3 is 6.09 Å². The first-order valence-corrected chi connectivity index (χ1v) is 11.5. The molecule has 182 valence electrons. The second-order valence-corrected chi connectivity index (χ2v) is 9.09. The molecular weight excluding hydrogens is 420 g/mol. The summed E-state index contributed by atoms with van der Waals surface area (Å²) in [5.74, 6) is -1.11. The maximum absolute atomic E-state index is 13.7. The summed E-state index contributed by atoms with van der Waals surface area (Å²) in [6.07, 6.45) is 1.59. The third-order valence-electron chi connectivity index (χ3n) is 5.18. The summed E-state index contributed by atoms with van der Waals surface area (Å²) in [6.45, 7) is 11.1. The highest BCUT2D eigenvalue weighted by Gasteiger charge is 2.37. The molecule has 3 amide bonds. The molecule has 0 saturated heterocycles. The van der Waals surface area contributed by atoms with Gasteiger partial charge in [-0.15, -0.1) is 0 Å². The number of carbonyl (C=O) groups excluding carboxylic acids is 3. The van der Waals surface area contributed by atoms with Crippen molar-refractivity contribution in [3.05, 3.63) is 35.9 Å². The fraction of sp³-hybridized carbons (Fsp3) is 0.600. The van der Waals surface area contributed by atoms with E-state index in [1.807, 2.05) is 32.9 Å². The zero-order valence-electron chi connectivity index (χ0n) is 20.7. The van der Waals surface area contributed by atoms with Crippen LogP contribution in [0.15, 0.2) is 30.3 Å². The van der Waals surface area contributed by atoms with Gasteiger partial charge in [-0.2, -0.15) is 5.26 Å². The highest BCUT2D eigenvalue weighted by molar-refractivity contribution is 5.92. The largest absolute Gasteiger partial charge is 0.444 e. The molecule has 0 aromatic heterocycles. The quantitative estimate of drug-likeness (QED) is 0.385. The topological polar surface area (TPSA) is 112 Å². The van der Waals surface area contributed by atoms with E-state index in [9.17, 15) is 19.6 Å². The van der Waals surface area contributed by atoms with Crippen molar-refractivity contribution >= 4 is 17.9 Å². The van der Waals surface area contributed by atoms with Gasteiger partial charge in [0.05, 0.1) is 6.07 Å². The molecule has 0 bridgehead atoms. The molecule has 8 nitrogen and oxygen atoms in total. The maximum Gasteiger partial charge on any atom is 0.408 e. The van der Waals surface area contributed by atoms with Gasteiger partial charge in [-0.05, 0) is 38.7 Å². The van der Waals surface area contributed by atoms with Gasteiger partial charge in [0.2, 0.25) is 11.8 Å². The van der Waals surface area contributed by atoms with Crippen molar-refractivity contribution in [3.63, 3.8) is 0 Å². The molecule has 1 aromatic carbocycles. The normalized spacial score (nSPS) is 13.7. The highest BCUT2D eigenvalue weighted by atomic mass is 16.6. The van der Waals surface area contributed by atoms with Crippen LogP contribution in [0.1, 0.15) is 72.4 Å². The van der Waals surface area contributed by atoms with Crippen molar-refractivity contribution in [3.8, 4) is 6.07 Å². The van der Waals surface area contributed by atoms with Crippen LogP contribution in [0, 0.1) is 17.2 Å². The molecule has 33 heavy (non-hydrogen) atoms. The molecule has 2 N–H and O–H groups in total. The lowest BCUT2D eigenvalue weighted by Crippen LogP contribution is -2.55. The number of nitrogens with one attached hydrogen (secondary N) is 2. The summed E-state index contributed by atoms with van der Waals surface area (Å²) in [4.78, 5) is 40.6. The van der Waals surface area contributed by atoms with Crippen molar-refractivity contribution < 1.29 is 19.1 Å². The van der Waals surface area contributed by atoms with Crippen LogP contribution in [0.5, 0.6) is 0 Å². The molecule has 0 radical (unpaired) electrons. The van der Waals surface area contributed by atoms with Gasteiger partial charge < -0.3 is 20.3 Å². The lowest BCUT2D eigenvalue weighted by Gasteiger charge is -2.34. The van der Waals surface area contributed by atoms with E-state index in [0.717, 1.165) is 12.8 Å². The van der Waals surface area contributed by atoms with Crippen LogP contribution >= 0.6 is 0 Å². The molecular formula is C25H38N4O4. The number of alkyl carbamates (subject to hydrolysis) is 1. The first kappa shape index (κ1) is 28.0. The average Bonchev–Trinajstić information content (AvgIpc) is 2.76. The molecule has 0 fully saturated rings. The predicted octanol–water partition coefficient (Wildman–Crippen LogP) is 3.94. The minimum Gasteiger partial charge on any atom is -0.444 e. The van der Waals surface area contributed by atoms with E-state index in [-0.39, 0.29) is 18.4 Å². The zero-order valence-corrected chi connectivity index (χ0v) is 20.7. The maximum atomic E-state index is 13.7. The van der Waals surface area contributed by atoms with Gasteiger partial charge in [-0.3, -0.25) is 9.59 Å². The molecule has 0 aliphatic carbocycles. The smallest absolute Gasteiger partial charge is 0.408 e. The Hall–Kier alpha value is -3.08. The summed E-state index contributed by atoms with van der Waals surface area (Å²) < 4.78 is 5.35. The van der Waals surface area contributed by atoms with E-state index in [4.69, 9.17) is 4.74 Å². The number of nitrogens with zero attached hydrogens (tertiary/aromatic N) is 2. The SMILES string of the molecule is CCCCNC(=O)C(c1ccccc1)N(CC#N)C(=O)C(NC(=O)OC(C)(C)C)C(C)CC. The summed E-state index contributed by atoms with van der Waals surface area (Å²) in [5, 5.41) is 15.0. The predicted molar refractivity (Wildman–Crippen MR) is 127 cm³/mol. The van der Waals surface area contributed by atoms with Gasteiger partial charge in [-0.25, -0.2) is 4.79 Å². The van der Waals surface area contributed by atoms with Crippen molar-refractivity contribution in [2.24, 2.45) is 5.92 Å². The number of carbonyl (C=O) groups is 3. The van der Waals surface area contributed by atoms with Gasteiger partial charge in [-0.1, -0.05) is 63.9 Å². The number of unbranched alkanes of at least 4 members (excludes halogenated alkanes) is 1. The highest BCUT2D eigenvalue weighted by Crippen LogP contribution is 2.24. The Kier molecular flexibility index (Phi) is 11.4. The molecule has 1 aromatic rings. The standard InChI is InChI=1S/C25H38N4O4/c1-7-9-16-27-22(30)21(19-13-11-10-12-14-19)29(17-15-26)23(31)20(18(3)8-2)28-24(32)33-25(4,5)6/h10-14,18,20-21H,7-9,16-17H2,1-6H3,(H,27,30)(H,28,32). The Balaban J connectivity index is 3.34. The number of amides is 3. The van der Waals surface area contributed by atoms with E-state index in [2.05, 4.69) is 10.6 Å². The Morgan fingerprint density at radius 1 is 1.15 bits per heavy atom. The van der Waals surface area contributed by atoms with E-state index in [1.54, 1.807) is 45.0 Å². The fourth-order valence-electron chi connectivity index (χ4n) is 3.26. The monoisotopic (exact) mass is 458 g/mol. The second-order valence-electron chi connectivity index (χ2n) is 9.09. The van der Waals surface area contributed by atoms with E-state index < -0.39 is 29.7 Å². The summed E-state index contributed by atoms with van der Waals surface area (Å²) in [5.41, 5.74) is -0.138. The summed E-state index contributed by atoms with van der Waals surface area (Å²) in [7, 11) is 0. The molecule has 0 aliphatic rings. The fourth-order valence-corrected chi connectivity index (χ4v) is 3.26. The minimum absolute atomic E-state index is 0.245. The number of ether oxygens (including phenoxy) is 1. The Bertz CT molecular complexity index is 814. The number of hydrogen-bond donors (Lipinski definition) is 2.